The molecule has 3 nitrogen and oxygen atoms in total. The number of rotatable bonds is 2. The second-order valence-corrected chi connectivity index (χ2v) is 4.02. The van der Waals surface area contributed by atoms with Crippen LogP contribution in [0.2, 0.25) is 0 Å². The van der Waals surface area contributed by atoms with Crippen molar-refractivity contribution < 1.29 is 22.3 Å². The van der Waals surface area contributed by atoms with Crippen molar-refractivity contribution >= 4 is 5.69 Å². The number of anilines is 1. The van der Waals surface area contributed by atoms with Gasteiger partial charge in [-0.1, -0.05) is 6.07 Å². The average molecular weight is 286 g/mol. The van der Waals surface area contributed by atoms with Crippen LogP contribution in [-0.2, 0) is 6.18 Å². The summed E-state index contributed by atoms with van der Waals surface area (Å²) in [6.45, 7) is 0. The molecule has 20 heavy (non-hydrogen) atoms. The van der Waals surface area contributed by atoms with Crippen LogP contribution >= 0.6 is 0 Å². The van der Waals surface area contributed by atoms with Crippen LogP contribution in [0, 0.1) is 5.82 Å². The molecular formula is C13H10F4N2O. The minimum absolute atomic E-state index is 0.0605. The summed E-state index contributed by atoms with van der Waals surface area (Å²) < 4.78 is 56.3. The zero-order valence-corrected chi connectivity index (χ0v) is 10.3. The molecule has 1 aromatic heterocycles. The summed E-state index contributed by atoms with van der Waals surface area (Å²) in [6.07, 6.45) is -3.29. The van der Waals surface area contributed by atoms with Crippen molar-refractivity contribution in [3.05, 3.63) is 41.8 Å². The molecule has 0 aliphatic heterocycles. The maximum absolute atomic E-state index is 13.9. The zero-order chi connectivity index (χ0) is 14.9. The Balaban J connectivity index is 2.57. The predicted molar refractivity (Wildman–Crippen MR) is 65.6 cm³/mol. The highest BCUT2D eigenvalue weighted by atomic mass is 19.4. The number of hydrogen-bond donors (Lipinski definition) is 1. The van der Waals surface area contributed by atoms with Crippen molar-refractivity contribution in [2.75, 3.05) is 12.8 Å². The topological polar surface area (TPSA) is 48.1 Å². The van der Waals surface area contributed by atoms with E-state index in [4.69, 9.17) is 10.5 Å². The van der Waals surface area contributed by atoms with Gasteiger partial charge >= 0.3 is 6.18 Å². The lowest BCUT2D eigenvalue weighted by atomic mass is 10.0. The van der Waals surface area contributed by atoms with Gasteiger partial charge in [0, 0.05) is 11.1 Å². The number of nitrogens with zero attached hydrogens (tertiary/aromatic N) is 1. The SMILES string of the molecule is COc1ncc(N)cc1-c1ccc(C(F)(F)F)cc1F. The summed E-state index contributed by atoms with van der Waals surface area (Å²) in [5.74, 6) is -0.941. The van der Waals surface area contributed by atoms with Crippen LogP contribution in [0.25, 0.3) is 11.1 Å². The van der Waals surface area contributed by atoms with Crippen LogP contribution in [0.1, 0.15) is 5.56 Å². The van der Waals surface area contributed by atoms with Gasteiger partial charge in [-0.3, -0.25) is 0 Å². The van der Waals surface area contributed by atoms with E-state index in [1.807, 2.05) is 0 Å². The molecule has 106 valence electrons. The Bertz CT molecular complexity index is 641. The third-order valence-electron chi connectivity index (χ3n) is 2.65. The van der Waals surface area contributed by atoms with Gasteiger partial charge in [0.25, 0.3) is 0 Å². The van der Waals surface area contributed by atoms with Crippen LogP contribution in [0.15, 0.2) is 30.5 Å². The van der Waals surface area contributed by atoms with Gasteiger partial charge in [-0.15, -0.1) is 0 Å². The van der Waals surface area contributed by atoms with Crippen LogP contribution in [0.5, 0.6) is 5.88 Å². The number of alkyl halides is 3. The molecule has 0 radical (unpaired) electrons. The van der Waals surface area contributed by atoms with Gasteiger partial charge in [-0.05, 0) is 18.2 Å². The molecule has 0 aliphatic carbocycles. The molecule has 0 spiro atoms. The standard InChI is InChI=1S/C13H10F4N2O/c1-20-12-10(5-8(18)6-19-12)9-3-2-7(4-11(9)14)13(15,16)17/h2-6H,18H2,1H3. The molecule has 0 saturated carbocycles. The minimum atomic E-state index is -4.60. The van der Waals surface area contributed by atoms with Gasteiger partial charge in [0.15, 0.2) is 0 Å². The largest absolute Gasteiger partial charge is 0.481 e. The zero-order valence-electron chi connectivity index (χ0n) is 10.3. The van der Waals surface area contributed by atoms with Gasteiger partial charge in [0.05, 0.1) is 24.6 Å². The molecular weight excluding hydrogens is 276 g/mol. The maximum atomic E-state index is 13.9. The van der Waals surface area contributed by atoms with Gasteiger partial charge in [-0.2, -0.15) is 13.2 Å². The van der Waals surface area contributed by atoms with E-state index in [2.05, 4.69) is 4.98 Å². The van der Waals surface area contributed by atoms with Gasteiger partial charge in [0.2, 0.25) is 5.88 Å². The Morgan fingerprint density at radius 2 is 1.85 bits per heavy atom. The lowest BCUT2D eigenvalue weighted by Crippen LogP contribution is -2.05. The summed E-state index contributed by atoms with van der Waals surface area (Å²) in [4.78, 5) is 3.85. The van der Waals surface area contributed by atoms with Crippen molar-refractivity contribution in [2.45, 2.75) is 6.18 Å². The average Bonchev–Trinajstić information content (AvgIpc) is 2.37. The Morgan fingerprint density at radius 3 is 2.40 bits per heavy atom. The third-order valence-corrected chi connectivity index (χ3v) is 2.65. The van der Waals surface area contributed by atoms with E-state index in [-0.39, 0.29) is 22.7 Å². The minimum Gasteiger partial charge on any atom is -0.481 e. The first-order chi connectivity index (χ1) is 9.32. The first-order valence-electron chi connectivity index (χ1n) is 5.49. The lowest BCUT2D eigenvalue weighted by Gasteiger charge is -2.11. The van der Waals surface area contributed by atoms with Crippen LogP contribution in [-0.4, -0.2) is 12.1 Å². The molecule has 0 bridgehead atoms. The molecule has 2 aromatic rings. The monoisotopic (exact) mass is 286 g/mol. The van der Waals surface area contributed by atoms with Gasteiger partial charge < -0.3 is 10.5 Å². The normalized spacial score (nSPS) is 11.4. The quantitative estimate of drug-likeness (QED) is 0.860. The molecule has 0 saturated heterocycles. The Kier molecular flexibility index (Phi) is 3.52. The second-order valence-electron chi connectivity index (χ2n) is 4.02. The molecule has 7 heteroatoms. The summed E-state index contributed by atoms with van der Waals surface area (Å²) in [7, 11) is 1.32. The molecule has 1 aromatic carbocycles. The van der Waals surface area contributed by atoms with Crippen molar-refractivity contribution in [1.29, 1.82) is 0 Å². The summed E-state index contributed by atoms with van der Waals surface area (Å²) in [5.41, 5.74) is 4.87. The molecule has 0 aliphatic rings. The summed E-state index contributed by atoms with van der Waals surface area (Å²) in [5, 5.41) is 0. The first-order valence-corrected chi connectivity index (χ1v) is 5.49. The highest BCUT2D eigenvalue weighted by molar-refractivity contribution is 5.72. The fourth-order valence-electron chi connectivity index (χ4n) is 1.73. The van der Waals surface area contributed by atoms with E-state index in [1.165, 1.54) is 19.4 Å². The number of halogens is 4. The molecule has 0 fully saturated rings. The van der Waals surface area contributed by atoms with E-state index >= 15 is 0 Å². The van der Waals surface area contributed by atoms with E-state index in [0.29, 0.717) is 6.07 Å². The van der Waals surface area contributed by atoms with Crippen molar-refractivity contribution in [3.8, 4) is 17.0 Å². The number of benzene rings is 1. The van der Waals surface area contributed by atoms with Gasteiger partial charge in [-0.25, -0.2) is 9.37 Å². The Labute approximate surface area is 112 Å². The van der Waals surface area contributed by atoms with Crippen LogP contribution < -0.4 is 10.5 Å². The smallest absolute Gasteiger partial charge is 0.416 e. The second kappa shape index (κ2) is 4.99. The molecule has 1 heterocycles. The van der Waals surface area contributed by atoms with Gasteiger partial charge in [0.1, 0.15) is 5.82 Å². The van der Waals surface area contributed by atoms with Crippen LogP contribution in [0.4, 0.5) is 23.2 Å². The van der Waals surface area contributed by atoms with Crippen molar-refractivity contribution in [3.63, 3.8) is 0 Å². The number of methoxy groups -OCH3 is 1. The van der Waals surface area contributed by atoms with Crippen LogP contribution in [0.3, 0.4) is 0 Å². The number of nitrogens with two attached hydrogens (primary N) is 1. The fourth-order valence-corrected chi connectivity index (χ4v) is 1.73. The summed E-state index contributed by atoms with van der Waals surface area (Å²) in [6, 6.07) is 3.63. The maximum Gasteiger partial charge on any atom is 0.416 e. The third kappa shape index (κ3) is 2.66. The summed E-state index contributed by atoms with van der Waals surface area (Å²) >= 11 is 0. The molecule has 2 rings (SSSR count). The molecule has 2 N–H and O–H groups in total. The number of nitrogen functional groups attached to an aromatic ring is 1. The number of pyridine rings is 1. The first kappa shape index (κ1) is 14.1. The molecule has 0 atom stereocenters. The predicted octanol–water partition coefficient (Wildman–Crippen LogP) is 3.50. The van der Waals surface area contributed by atoms with E-state index in [9.17, 15) is 17.6 Å². The van der Waals surface area contributed by atoms with E-state index in [0.717, 1.165) is 12.1 Å². The number of aromatic nitrogens is 1. The Hall–Kier alpha value is -2.31. The van der Waals surface area contributed by atoms with E-state index < -0.39 is 17.6 Å². The fraction of sp³-hybridized carbons (Fsp3) is 0.154. The molecule has 0 unspecified atom stereocenters. The number of ether oxygens (including phenoxy) is 1. The Morgan fingerprint density at radius 1 is 1.15 bits per heavy atom. The van der Waals surface area contributed by atoms with Crippen molar-refractivity contribution in [2.24, 2.45) is 0 Å². The van der Waals surface area contributed by atoms with Crippen molar-refractivity contribution in [1.82, 2.24) is 4.98 Å². The van der Waals surface area contributed by atoms with E-state index in [1.54, 1.807) is 0 Å². The number of hydrogen-bond acceptors (Lipinski definition) is 3. The highest BCUT2D eigenvalue weighted by Gasteiger charge is 2.31. The lowest BCUT2D eigenvalue weighted by molar-refractivity contribution is -0.137. The molecule has 0 amide bonds. The highest BCUT2D eigenvalue weighted by Crippen LogP contribution is 2.35.